The summed E-state index contributed by atoms with van der Waals surface area (Å²) in [7, 11) is 0. The SMILES string of the molecule is CCc1cccc(C)c1NC(=O)c1c(-c2ccccc2Cl)n(-c2ccc(Cl)cc2)c(C)cc1=O. The van der Waals surface area contributed by atoms with E-state index in [0.717, 1.165) is 28.9 Å². The topological polar surface area (TPSA) is 51.1 Å². The minimum absolute atomic E-state index is 0.0268. The van der Waals surface area contributed by atoms with Crippen LogP contribution >= 0.6 is 23.2 Å². The Kier molecular flexibility index (Phi) is 6.92. The second-order valence-corrected chi connectivity index (χ2v) is 8.93. The Bertz CT molecular complexity index is 1440. The lowest BCUT2D eigenvalue weighted by Gasteiger charge is -2.22. The molecule has 4 aromatic rings. The first-order chi connectivity index (χ1) is 16.3. The highest BCUT2D eigenvalue weighted by molar-refractivity contribution is 6.33. The van der Waals surface area contributed by atoms with E-state index in [4.69, 9.17) is 23.2 Å². The van der Waals surface area contributed by atoms with Crippen LogP contribution in [0.15, 0.2) is 77.6 Å². The molecule has 0 atom stereocenters. The van der Waals surface area contributed by atoms with Crippen LogP contribution in [-0.4, -0.2) is 10.5 Å². The van der Waals surface area contributed by atoms with Crippen molar-refractivity contribution in [3.05, 3.63) is 115 Å². The van der Waals surface area contributed by atoms with Gasteiger partial charge < -0.3 is 9.88 Å². The number of nitrogens with one attached hydrogen (secondary N) is 1. The van der Waals surface area contributed by atoms with Crippen molar-refractivity contribution < 1.29 is 4.79 Å². The third-order valence-corrected chi connectivity index (χ3v) is 6.40. The van der Waals surface area contributed by atoms with E-state index in [-0.39, 0.29) is 11.0 Å². The Morgan fingerprint density at radius 2 is 1.65 bits per heavy atom. The monoisotopic (exact) mass is 490 g/mol. The van der Waals surface area contributed by atoms with Crippen LogP contribution in [0, 0.1) is 13.8 Å². The van der Waals surface area contributed by atoms with E-state index in [1.54, 1.807) is 18.2 Å². The Balaban J connectivity index is 2.01. The molecule has 0 radical (unpaired) electrons. The number of hydrogen-bond donors (Lipinski definition) is 1. The molecule has 1 amide bonds. The van der Waals surface area contributed by atoms with Gasteiger partial charge in [-0.15, -0.1) is 0 Å². The Labute approximate surface area is 208 Å². The first-order valence-corrected chi connectivity index (χ1v) is 11.7. The predicted octanol–water partition coefficient (Wildman–Crippen LogP) is 7.24. The van der Waals surface area contributed by atoms with E-state index in [1.165, 1.54) is 6.07 Å². The molecule has 1 N–H and O–H groups in total. The van der Waals surface area contributed by atoms with Crippen molar-refractivity contribution in [3.8, 4) is 16.9 Å². The van der Waals surface area contributed by atoms with E-state index in [2.05, 4.69) is 5.32 Å². The summed E-state index contributed by atoms with van der Waals surface area (Å²) in [6, 6.07) is 21.8. The Hall–Kier alpha value is -3.34. The number of benzene rings is 3. The zero-order valence-corrected chi connectivity index (χ0v) is 20.7. The number of amides is 1. The third-order valence-electron chi connectivity index (χ3n) is 5.82. The second kappa shape index (κ2) is 9.88. The third kappa shape index (κ3) is 4.52. The van der Waals surface area contributed by atoms with Crippen molar-refractivity contribution in [2.24, 2.45) is 0 Å². The molecule has 1 heterocycles. The number of aromatic nitrogens is 1. The Morgan fingerprint density at radius 1 is 0.941 bits per heavy atom. The number of halogens is 2. The van der Waals surface area contributed by atoms with Gasteiger partial charge >= 0.3 is 0 Å². The van der Waals surface area contributed by atoms with Gasteiger partial charge in [0.25, 0.3) is 5.91 Å². The standard InChI is InChI=1S/C28H24Cl2N2O2/c1-4-19-9-7-8-17(2)26(19)31-28(34)25-24(33)16-18(3)32(21-14-12-20(29)13-15-21)27(25)22-10-5-6-11-23(22)30/h5-16H,4H2,1-3H3,(H,31,34). The summed E-state index contributed by atoms with van der Waals surface area (Å²) >= 11 is 12.7. The summed E-state index contributed by atoms with van der Waals surface area (Å²) in [5.41, 5.74) is 4.75. The number of rotatable bonds is 5. The summed E-state index contributed by atoms with van der Waals surface area (Å²) in [4.78, 5) is 27.0. The van der Waals surface area contributed by atoms with Crippen LogP contribution < -0.4 is 10.7 Å². The minimum atomic E-state index is -0.480. The zero-order chi connectivity index (χ0) is 24.4. The lowest BCUT2D eigenvalue weighted by atomic mass is 10.0. The molecule has 0 saturated carbocycles. The molecular formula is C28H24Cl2N2O2. The van der Waals surface area contributed by atoms with Crippen molar-refractivity contribution >= 4 is 34.8 Å². The van der Waals surface area contributed by atoms with Gasteiger partial charge in [-0.25, -0.2) is 0 Å². The van der Waals surface area contributed by atoms with Gasteiger partial charge in [-0.05, 0) is 61.7 Å². The first kappa shape index (κ1) is 23.8. The minimum Gasteiger partial charge on any atom is -0.321 e. The van der Waals surface area contributed by atoms with Crippen LogP contribution in [-0.2, 0) is 6.42 Å². The number of pyridine rings is 1. The second-order valence-electron chi connectivity index (χ2n) is 8.08. The number of carbonyl (C=O) groups is 1. The van der Waals surface area contributed by atoms with E-state index in [9.17, 15) is 9.59 Å². The maximum atomic E-state index is 13.7. The molecule has 0 aliphatic heterocycles. The molecule has 1 aromatic heterocycles. The van der Waals surface area contributed by atoms with Crippen molar-refractivity contribution in [1.82, 2.24) is 4.57 Å². The number of hydrogen-bond acceptors (Lipinski definition) is 2. The number of aryl methyl sites for hydroxylation is 3. The van der Waals surface area contributed by atoms with Crippen LogP contribution in [0.4, 0.5) is 5.69 Å². The van der Waals surface area contributed by atoms with Gasteiger partial charge in [0.15, 0.2) is 5.43 Å². The van der Waals surface area contributed by atoms with Crippen LogP contribution in [0.1, 0.15) is 34.1 Å². The van der Waals surface area contributed by atoms with Crippen molar-refractivity contribution in [2.75, 3.05) is 5.32 Å². The van der Waals surface area contributed by atoms with Gasteiger partial charge in [0.2, 0.25) is 0 Å². The maximum Gasteiger partial charge on any atom is 0.261 e. The maximum absolute atomic E-state index is 13.7. The largest absolute Gasteiger partial charge is 0.321 e. The summed E-state index contributed by atoms with van der Waals surface area (Å²) in [6.45, 7) is 5.79. The van der Waals surface area contributed by atoms with Gasteiger partial charge in [0.05, 0.1) is 5.69 Å². The van der Waals surface area contributed by atoms with Crippen molar-refractivity contribution in [1.29, 1.82) is 0 Å². The van der Waals surface area contributed by atoms with Crippen LogP contribution in [0.25, 0.3) is 16.9 Å². The van der Waals surface area contributed by atoms with Crippen LogP contribution in [0.3, 0.4) is 0 Å². The van der Waals surface area contributed by atoms with Gasteiger partial charge in [-0.3, -0.25) is 9.59 Å². The van der Waals surface area contributed by atoms with E-state index >= 15 is 0 Å². The van der Waals surface area contributed by atoms with E-state index in [1.807, 2.05) is 73.9 Å². The molecule has 0 aliphatic carbocycles. The molecule has 0 spiro atoms. The quantitative estimate of drug-likeness (QED) is 0.320. The van der Waals surface area contributed by atoms with Gasteiger partial charge in [-0.1, -0.05) is 66.5 Å². The summed E-state index contributed by atoms with van der Waals surface area (Å²) < 4.78 is 1.87. The lowest BCUT2D eigenvalue weighted by Crippen LogP contribution is -2.27. The fraction of sp³-hybridized carbons (Fsp3) is 0.143. The number of nitrogens with zero attached hydrogens (tertiary/aromatic N) is 1. The molecule has 0 saturated heterocycles. The van der Waals surface area contributed by atoms with Crippen LogP contribution in [0.5, 0.6) is 0 Å². The molecule has 4 nitrogen and oxygen atoms in total. The molecule has 34 heavy (non-hydrogen) atoms. The number of carbonyl (C=O) groups excluding carboxylic acids is 1. The molecular weight excluding hydrogens is 467 g/mol. The summed E-state index contributed by atoms with van der Waals surface area (Å²) in [6.07, 6.45) is 0.748. The highest BCUT2D eigenvalue weighted by Gasteiger charge is 2.24. The van der Waals surface area contributed by atoms with Gasteiger partial charge in [0, 0.05) is 38.7 Å². The molecule has 0 unspecified atom stereocenters. The smallest absolute Gasteiger partial charge is 0.261 e. The van der Waals surface area contributed by atoms with Gasteiger partial charge in [0.1, 0.15) is 5.56 Å². The molecule has 4 rings (SSSR count). The highest BCUT2D eigenvalue weighted by Crippen LogP contribution is 2.33. The normalized spacial score (nSPS) is 10.9. The summed E-state index contributed by atoms with van der Waals surface area (Å²) in [5.74, 6) is -0.480. The summed E-state index contributed by atoms with van der Waals surface area (Å²) in [5, 5.41) is 4.04. The average molecular weight is 491 g/mol. The molecule has 3 aromatic carbocycles. The van der Waals surface area contributed by atoms with Crippen molar-refractivity contribution in [2.45, 2.75) is 27.2 Å². The fourth-order valence-electron chi connectivity index (χ4n) is 4.16. The molecule has 172 valence electrons. The lowest BCUT2D eigenvalue weighted by molar-refractivity contribution is 0.102. The zero-order valence-electron chi connectivity index (χ0n) is 19.2. The average Bonchev–Trinajstić information content (AvgIpc) is 2.81. The first-order valence-electron chi connectivity index (χ1n) is 11.0. The van der Waals surface area contributed by atoms with Crippen molar-refractivity contribution in [3.63, 3.8) is 0 Å². The van der Waals surface area contributed by atoms with Crippen LogP contribution in [0.2, 0.25) is 10.0 Å². The highest BCUT2D eigenvalue weighted by atomic mass is 35.5. The van der Waals surface area contributed by atoms with Gasteiger partial charge in [-0.2, -0.15) is 0 Å². The molecule has 0 fully saturated rings. The molecule has 0 aliphatic rings. The fourth-order valence-corrected chi connectivity index (χ4v) is 4.51. The van der Waals surface area contributed by atoms with E-state index in [0.29, 0.717) is 27.0 Å². The molecule has 6 heteroatoms. The number of para-hydroxylation sites is 1. The predicted molar refractivity (Wildman–Crippen MR) is 141 cm³/mol. The number of anilines is 1. The molecule has 0 bridgehead atoms. The Morgan fingerprint density at radius 3 is 2.32 bits per heavy atom. The van der Waals surface area contributed by atoms with E-state index < -0.39 is 5.91 Å².